The second-order valence-corrected chi connectivity index (χ2v) is 3.98. The molecule has 3 nitrogen and oxygen atoms in total. The van der Waals surface area contributed by atoms with E-state index >= 15 is 0 Å². The van der Waals surface area contributed by atoms with Gasteiger partial charge in [-0.1, -0.05) is 11.6 Å². The van der Waals surface area contributed by atoms with E-state index in [0.717, 1.165) is 11.4 Å². The first kappa shape index (κ1) is 11.9. The molecule has 1 aromatic rings. The van der Waals surface area contributed by atoms with Crippen LogP contribution in [0.25, 0.3) is 0 Å². The lowest BCUT2D eigenvalue weighted by Crippen LogP contribution is -2.24. The third-order valence-corrected chi connectivity index (χ3v) is 1.93. The molecule has 1 rings (SSSR count). The number of halogens is 1. The smallest absolute Gasteiger partial charge is 0.191 e. The number of anilines is 1. The zero-order valence-electron chi connectivity index (χ0n) is 8.54. The fourth-order valence-corrected chi connectivity index (χ4v) is 1.14. The Hall–Kier alpha value is -1.13. The summed E-state index contributed by atoms with van der Waals surface area (Å²) < 4.78 is 0. The summed E-state index contributed by atoms with van der Waals surface area (Å²) >= 11 is 10.8. The summed E-state index contributed by atoms with van der Waals surface area (Å²) in [5.74, 6) is 0. The van der Waals surface area contributed by atoms with Crippen LogP contribution in [0.4, 0.5) is 5.69 Å². The molecule has 1 aromatic carbocycles. The maximum Gasteiger partial charge on any atom is 0.191 e. The summed E-state index contributed by atoms with van der Waals surface area (Å²) in [6.07, 6.45) is 0. The van der Waals surface area contributed by atoms with Crippen LogP contribution in [0.2, 0.25) is 5.02 Å². The van der Waals surface area contributed by atoms with Crippen LogP contribution in [-0.4, -0.2) is 10.8 Å². The van der Waals surface area contributed by atoms with Crippen molar-refractivity contribution in [3.63, 3.8) is 0 Å². The van der Waals surface area contributed by atoms with E-state index in [4.69, 9.17) is 23.8 Å². The first-order valence-corrected chi connectivity index (χ1v) is 5.20. The van der Waals surface area contributed by atoms with Crippen molar-refractivity contribution < 1.29 is 0 Å². The van der Waals surface area contributed by atoms with Crippen molar-refractivity contribution in [3.05, 3.63) is 29.3 Å². The number of nitrogens with one attached hydrogen (secondary N) is 2. The molecule has 5 heteroatoms. The van der Waals surface area contributed by atoms with Crippen LogP contribution in [0, 0.1) is 0 Å². The molecule has 0 saturated heterocycles. The Labute approximate surface area is 99.5 Å². The molecule has 0 bridgehead atoms. The van der Waals surface area contributed by atoms with Crippen molar-refractivity contribution in [1.29, 1.82) is 0 Å². The average molecular weight is 242 g/mol. The van der Waals surface area contributed by atoms with Gasteiger partial charge in [-0.3, -0.25) is 5.43 Å². The molecule has 0 saturated carbocycles. The molecular weight excluding hydrogens is 230 g/mol. The Kier molecular flexibility index (Phi) is 4.52. The molecule has 0 heterocycles. The fraction of sp³-hybridized carbons (Fsp3) is 0.200. The number of hydrazone groups is 1. The SMILES string of the molecule is CC(C)=NNC(=S)Nc1ccc(Cl)cc1. The number of rotatable bonds is 2. The van der Waals surface area contributed by atoms with Gasteiger partial charge in [-0.15, -0.1) is 0 Å². The predicted octanol–water partition coefficient (Wildman–Crippen LogP) is 3.02. The topological polar surface area (TPSA) is 36.4 Å². The van der Waals surface area contributed by atoms with E-state index in [1.165, 1.54) is 0 Å². The second-order valence-electron chi connectivity index (χ2n) is 3.13. The van der Waals surface area contributed by atoms with E-state index < -0.39 is 0 Å². The third-order valence-electron chi connectivity index (χ3n) is 1.48. The lowest BCUT2D eigenvalue weighted by molar-refractivity contribution is 1.03. The van der Waals surface area contributed by atoms with E-state index in [1.807, 2.05) is 26.0 Å². The molecule has 0 unspecified atom stereocenters. The maximum atomic E-state index is 5.75. The summed E-state index contributed by atoms with van der Waals surface area (Å²) in [7, 11) is 0. The van der Waals surface area contributed by atoms with Crippen LogP contribution in [0.15, 0.2) is 29.4 Å². The zero-order valence-corrected chi connectivity index (χ0v) is 10.1. The molecule has 0 fully saturated rings. The Bertz CT molecular complexity index is 369. The summed E-state index contributed by atoms with van der Waals surface area (Å²) in [6, 6.07) is 7.28. The van der Waals surface area contributed by atoms with E-state index in [2.05, 4.69) is 15.8 Å². The zero-order chi connectivity index (χ0) is 11.3. The summed E-state index contributed by atoms with van der Waals surface area (Å²) in [5, 5.41) is 8.11. The van der Waals surface area contributed by atoms with E-state index in [1.54, 1.807) is 12.1 Å². The standard InChI is InChI=1S/C10H12ClN3S/c1-7(2)13-14-10(15)12-9-5-3-8(11)4-6-9/h3-6H,1-2H3,(H2,12,14,15). The quantitative estimate of drug-likeness (QED) is 0.475. The highest BCUT2D eigenvalue weighted by atomic mass is 35.5. The number of benzene rings is 1. The second kappa shape index (κ2) is 5.68. The highest BCUT2D eigenvalue weighted by Crippen LogP contribution is 2.12. The molecule has 0 aliphatic rings. The molecule has 80 valence electrons. The van der Waals surface area contributed by atoms with Gasteiger partial charge in [-0.05, 0) is 50.3 Å². The molecule has 0 amide bonds. The largest absolute Gasteiger partial charge is 0.331 e. The Balaban J connectivity index is 2.51. The van der Waals surface area contributed by atoms with Crippen LogP contribution in [0.5, 0.6) is 0 Å². The number of thiocarbonyl (C=S) groups is 1. The normalized spacial score (nSPS) is 9.27. The van der Waals surface area contributed by atoms with Crippen LogP contribution in [-0.2, 0) is 0 Å². The lowest BCUT2D eigenvalue weighted by Gasteiger charge is -2.06. The van der Waals surface area contributed by atoms with Crippen molar-refractivity contribution in [2.75, 3.05) is 5.32 Å². The maximum absolute atomic E-state index is 5.75. The van der Waals surface area contributed by atoms with Crippen molar-refractivity contribution in [2.45, 2.75) is 13.8 Å². The first-order valence-electron chi connectivity index (χ1n) is 4.41. The first-order chi connectivity index (χ1) is 7.08. The molecule has 0 atom stereocenters. The monoisotopic (exact) mass is 241 g/mol. The average Bonchev–Trinajstić information content (AvgIpc) is 2.19. The molecule has 0 aliphatic carbocycles. The van der Waals surface area contributed by atoms with E-state index in [9.17, 15) is 0 Å². The molecule has 2 N–H and O–H groups in total. The van der Waals surface area contributed by atoms with E-state index in [-0.39, 0.29) is 0 Å². The van der Waals surface area contributed by atoms with Gasteiger partial charge in [0.25, 0.3) is 0 Å². The van der Waals surface area contributed by atoms with Gasteiger partial charge in [0.1, 0.15) is 0 Å². The van der Waals surface area contributed by atoms with Crippen LogP contribution in [0.1, 0.15) is 13.8 Å². The molecule has 0 aromatic heterocycles. The summed E-state index contributed by atoms with van der Waals surface area (Å²) in [4.78, 5) is 0. The summed E-state index contributed by atoms with van der Waals surface area (Å²) in [6.45, 7) is 3.77. The van der Waals surface area contributed by atoms with Gasteiger partial charge < -0.3 is 5.32 Å². The Morgan fingerprint density at radius 3 is 2.40 bits per heavy atom. The minimum atomic E-state index is 0.457. The number of hydrogen-bond donors (Lipinski definition) is 2. The van der Waals surface area contributed by atoms with Crippen molar-refractivity contribution in [3.8, 4) is 0 Å². The minimum absolute atomic E-state index is 0.457. The van der Waals surface area contributed by atoms with Gasteiger partial charge in [-0.2, -0.15) is 5.10 Å². The minimum Gasteiger partial charge on any atom is -0.331 e. The molecular formula is C10H12ClN3S. The highest BCUT2D eigenvalue weighted by molar-refractivity contribution is 7.80. The predicted molar refractivity (Wildman–Crippen MR) is 69.6 cm³/mol. The van der Waals surface area contributed by atoms with E-state index in [0.29, 0.717) is 10.1 Å². The Morgan fingerprint density at radius 2 is 1.87 bits per heavy atom. The van der Waals surface area contributed by atoms with Gasteiger partial charge in [0, 0.05) is 16.4 Å². The van der Waals surface area contributed by atoms with Crippen LogP contribution >= 0.6 is 23.8 Å². The third kappa shape index (κ3) is 4.76. The van der Waals surface area contributed by atoms with Gasteiger partial charge in [0.15, 0.2) is 5.11 Å². The van der Waals surface area contributed by atoms with Crippen LogP contribution in [0.3, 0.4) is 0 Å². The van der Waals surface area contributed by atoms with Crippen molar-refractivity contribution >= 4 is 40.3 Å². The highest BCUT2D eigenvalue weighted by Gasteiger charge is 1.95. The van der Waals surface area contributed by atoms with Crippen molar-refractivity contribution in [2.24, 2.45) is 5.10 Å². The van der Waals surface area contributed by atoms with Crippen molar-refractivity contribution in [1.82, 2.24) is 5.43 Å². The molecule has 15 heavy (non-hydrogen) atoms. The van der Waals surface area contributed by atoms with Gasteiger partial charge in [0.2, 0.25) is 0 Å². The molecule has 0 radical (unpaired) electrons. The lowest BCUT2D eigenvalue weighted by atomic mass is 10.3. The van der Waals surface area contributed by atoms with Crippen LogP contribution < -0.4 is 10.7 Å². The fourth-order valence-electron chi connectivity index (χ4n) is 0.855. The molecule has 0 aliphatic heterocycles. The van der Waals surface area contributed by atoms with Gasteiger partial charge >= 0.3 is 0 Å². The summed E-state index contributed by atoms with van der Waals surface area (Å²) in [5.41, 5.74) is 4.51. The Morgan fingerprint density at radius 1 is 1.27 bits per heavy atom. The van der Waals surface area contributed by atoms with Gasteiger partial charge in [-0.25, -0.2) is 0 Å². The molecule has 0 spiro atoms. The number of nitrogens with zero attached hydrogens (tertiary/aromatic N) is 1. The number of hydrogen-bond acceptors (Lipinski definition) is 2. The van der Waals surface area contributed by atoms with Gasteiger partial charge in [0.05, 0.1) is 0 Å².